The van der Waals surface area contributed by atoms with Crippen molar-refractivity contribution in [3.05, 3.63) is 59.6 Å². The molecule has 0 fully saturated rings. The van der Waals surface area contributed by atoms with E-state index in [-0.39, 0.29) is 24.4 Å². The van der Waals surface area contributed by atoms with E-state index < -0.39 is 0 Å². The van der Waals surface area contributed by atoms with Crippen molar-refractivity contribution in [2.45, 2.75) is 26.3 Å². The van der Waals surface area contributed by atoms with Gasteiger partial charge in [0, 0.05) is 17.5 Å². The lowest BCUT2D eigenvalue weighted by Gasteiger charge is -2.24. The maximum absolute atomic E-state index is 12.8. The van der Waals surface area contributed by atoms with Crippen molar-refractivity contribution in [2.24, 2.45) is 5.92 Å². The first-order chi connectivity index (χ1) is 15.5. The zero-order chi connectivity index (χ0) is 22.5. The maximum atomic E-state index is 12.8. The number of fused-ring (bicyclic) bond motifs is 1. The molecule has 8 nitrogen and oxygen atoms in total. The molecule has 32 heavy (non-hydrogen) atoms. The minimum atomic E-state index is -0.186. The molecule has 2 heterocycles. The SMILES string of the molecule is CC(C)[C@H](NCC(=O)Nc1cc(Cl)ccc1-n1cncn1)c1ccc2c(c1)OCCCO2. The third-order valence-electron chi connectivity index (χ3n) is 5.18. The summed E-state index contributed by atoms with van der Waals surface area (Å²) >= 11 is 6.15. The number of hydrogen-bond donors (Lipinski definition) is 2. The van der Waals surface area contributed by atoms with Crippen molar-refractivity contribution in [1.82, 2.24) is 20.1 Å². The summed E-state index contributed by atoms with van der Waals surface area (Å²) in [7, 11) is 0. The zero-order valence-corrected chi connectivity index (χ0v) is 18.8. The number of rotatable bonds is 7. The number of halogens is 1. The van der Waals surface area contributed by atoms with E-state index in [1.54, 1.807) is 29.2 Å². The van der Waals surface area contributed by atoms with E-state index in [9.17, 15) is 4.79 Å². The van der Waals surface area contributed by atoms with Crippen LogP contribution in [0.15, 0.2) is 49.1 Å². The van der Waals surface area contributed by atoms with E-state index >= 15 is 0 Å². The van der Waals surface area contributed by atoms with Gasteiger partial charge in [0.2, 0.25) is 5.91 Å². The van der Waals surface area contributed by atoms with Gasteiger partial charge in [0.05, 0.1) is 31.1 Å². The number of carbonyl (C=O) groups excluding carboxylic acids is 1. The quantitative estimate of drug-likeness (QED) is 0.559. The van der Waals surface area contributed by atoms with Crippen LogP contribution < -0.4 is 20.1 Å². The summed E-state index contributed by atoms with van der Waals surface area (Å²) in [4.78, 5) is 16.7. The van der Waals surface area contributed by atoms with Crippen LogP contribution in [0.1, 0.15) is 31.9 Å². The summed E-state index contributed by atoms with van der Waals surface area (Å²) in [5, 5.41) is 10.9. The first kappa shape index (κ1) is 22.1. The van der Waals surface area contributed by atoms with Crippen molar-refractivity contribution >= 4 is 23.2 Å². The van der Waals surface area contributed by atoms with Gasteiger partial charge in [-0.25, -0.2) is 9.67 Å². The molecule has 0 unspecified atom stereocenters. The zero-order valence-electron chi connectivity index (χ0n) is 18.0. The van der Waals surface area contributed by atoms with E-state index in [0.717, 1.165) is 23.5 Å². The highest BCUT2D eigenvalue weighted by Crippen LogP contribution is 2.34. The molecule has 0 radical (unpaired) electrons. The van der Waals surface area contributed by atoms with Crippen molar-refractivity contribution < 1.29 is 14.3 Å². The van der Waals surface area contributed by atoms with Crippen LogP contribution in [0.25, 0.3) is 5.69 Å². The Balaban J connectivity index is 1.46. The lowest BCUT2D eigenvalue weighted by molar-refractivity contribution is -0.115. The smallest absolute Gasteiger partial charge is 0.238 e. The standard InChI is InChI=1S/C23H26ClN5O3/c1-15(2)23(16-4-7-20-21(10-16)32-9-3-8-31-20)26-12-22(30)28-18-11-17(24)5-6-19(18)29-14-25-13-27-29/h4-7,10-11,13-15,23,26H,3,8-9,12H2,1-2H3,(H,28,30)/t23-/m0/s1. The summed E-state index contributed by atoms with van der Waals surface area (Å²) in [5.74, 6) is 1.57. The van der Waals surface area contributed by atoms with E-state index in [1.165, 1.54) is 6.33 Å². The van der Waals surface area contributed by atoms with Gasteiger partial charge in [0.25, 0.3) is 0 Å². The normalized spacial score (nSPS) is 14.1. The fourth-order valence-corrected chi connectivity index (χ4v) is 3.82. The number of nitrogens with zero attached hydrogens (tertiary/aromatic N) is 3. The van der Waals surface area contributed by atoms with Gasteiger partial charge in [-0.15, -0.1) is 0 Å². The molecule has 1 aliphatic heterocycles. The van der Waals surface area contributed by atoms with Gasteiger partial charge in [-0.3, -0.25) is 4.79 Å². The van der Waals surface area contributed by atoms with Crippen LogP contribution in [-0.2, 0) is 4.79 Å². The molecule has 168 valence electrons. The van der Waals surface area contributed by atoms with E-state index in [4.69, 9.17) is 21.1 Å². The summed E-state index contributed by atoms with van der Waals surface area (Å²) in [6.07, 6.45) is 3.86. The third kappa shape index (κ3) is 5.20. The second kappa shape index (κ2) is 10.0. The summed E-state index contributed by atoms with van der Waals surface area (Å²) < 4.78 is 13.1. The minimum Gasteiger partial charge on any atom is -0.490 e. The van der Waals surface area contributed by atoms with Crippen LogP contribution >= 0.6 is 11.6 Å². The van der Waals surface area contributed by atoms with Crippen LogP contribution in [0.4, 0.5) is 5.69 Å². The average Bonchev–Trinajstić information content (AvgIpc) is 3.19. The van der Waals surface area contributed by atoms with Crippen molar-refractivity contribution in [1.29, 1.82) is 0 Å². The summed E-state index contributed by atoms with van der Waals surface area (Å²) in [6, 6.07) is 11.1. The number of benzene rings is 2. The lowest BCUT2D eigenvalue weighted by Crippen LogP contribution is -2.33. The Kier molecular flexibility index (Phi) is 6.92. The average molecular weight is 456 g/mol. The van der Waals surface area contributed by atoms with Crippen LogP contribution in [-0.4, -0.2) is 40.4 Å². The lowest BCUT2D eigenvalue weighted by atomic mass is 9.95. The number of anilines is 1. The highest BCUT2D eigenvalue weighted by Gasteiger charge is 2.20. The number of carbonyl (C=O) groups is 1. The Hall–Kier alpha value is -3.10. The fraction of sp³-hybridized carbons (Fsp3) is 0.348. The number of hydrogen-bond acceptors (Lipinski definition) is 6. The maximum Gasteiger partial charge on any atom is 0.238 e. The van der Waals surface area contributed by atoms with Crippen LogP contribution in [0.5, 0.6) is 11.5 Å². The van der Waals surface area contributed by atoms with E-state index in [2.05, 4.69) is 34.6 Å². The van der Waals surface area contributed by atoms with Crippen LogP contribution in [0.2, 0.25) is 5.02 Å². The molecule has 4 rings (SSSR count). The number of aromatic nitrogens is 3. The van der Waals surface area contributed by atoms with E-state index in [0.29, 0.717) is 29.6 Å². The van der Waals surface area contributed by atoms with Gasteiger partial charge in [-0.1, -0.05) is 31.5 Å². The van der Waals surface area contributed by atoms with Crippen molar-refractivity contribution in [3.8, 4) is 17.2 Å². The van der Waals surface area contributed by atoms with Crippen LogP contribution in [0.3, 0.4) is 0 Å². The Morgan fingerprint density at radius 1 is 1.16 bits per heavy atom. The van der Waals surface area contributed by atoms with Gasteiger partial charge >= 0.3 is 0 Å². The Morgan fingerprint density at radius 2 is 1.97 bits per heavy atom. The molecule has 0 aliphatic carbocycles. The molecule has 0 saturated heterocycles. The monoisotopic (exact) mass is 455 g/mol. The van der Waals surface area contributed by atoms with Gasteiger partial charge in [0.15, 0.2) is 11.5 Å². The molecule has 3 aromatic rings. The first-order valence-electron chi connectivity index (χ1n) is 10.6. The van der Waals surface area contributed by atoms with Gasteiger partial charge in [-0.2, -0.15) is 5.10 Å². The molecule has 2 N–H and O–H groups in total. The Bertz CT molecular complexity index is 1070. The molecule has 0 saturated carbocycles. The topological polar surface area (TPSA) is 90.3 Å². The highest BCUT2D eigenvalue weighted by atomic mass is 35.5. The number of amides is 1. The Morgan fingerprint density at radius 3 is 2.72 bits per heavy atom. The highest BCUT2D eigenvalue weighted by molar-refractivity contribution is 6.31. The molecular formula is C23H26ClN5O3. The van der Waals surface area contributed by atoms with E-state index in [1.807, 2.05) is 18.2 Å². The predicted octanol–water partition coefficient (Wildman–Crippen LogP) is 4.01. The second-order valence-corrected chi connectivity index (χ2v) is 8.35. The third-order valence-corrected chi connectivity index (χ3v) is 5.41. The van der Waals surface area contributed by atoms with Crippen molar-refractivity contribution in [3.63, 3.8) is 0 Å². The second-order valence-electron chi connectivity index (χ2n) is 7.91. The van der Waals surface area contributed by atoms with Gasteiger partial charge in [-0.05, 0) is 41.8 Å². The first-order valence-corrected chi connectivity index (χ1v) is 11.0. The van der Waals surface area contributed by atoms with Crippen molar-refractivity contribution in [2.75, 3.05) is 25.1 Å². The van der Waals surface area contributed by atoms with Gasteiger partial charge in [0.1, 0.15) is 12.7 Å². The molecule has 0 spiro atoms. The molecule has 1 aromatic heterocycles. The fourth-order valence-electron chi connectivity index (χ4n) is 3.65. The molecular weight excluding hydrogens is 430 g/mol. The molecule has 0 bridgehead atoms. The number of nitrogens with one attached hydrogen (secondary N) is 2. The van der Waals surface area contributed by atoms with Crippen LogP contribution in [0, 0.1) is 5.92 Å². The van der Waals surface area contributed by atoms with Gasteiger partial charge < -0.3 is 20.1 Å². The molecule has 1 aliphatic rings. The molecule has 2 aromatic carbocycles. The molecule has 9 heteroatoms. The summed E-state index contributed by atoms with van der Waals surface area (Å²) in [6.45, 7) is 5.63. The minimum absolute atomic E-state index is 0.0351. The predicted molar refractivity (Wildman–Crippen MR) is 123 cm³/mol. The molecule has 1 amide bonds. The Labute approximate surface area is 191 Å². The largest absolute Gasteiger partial charge is 0.490 e. The summed E-state index contributed by atoms with van der Waals surface area (Å²) in [5.41, 5.74) is 2.29. The molecule has 1 atom stereocenters. The number of ether oxygens (including phenoxy) is 2.